The number of rotatable bonds is 4. The van der Waals surface area contributed by atoms with Crippen molar-refractivity contribution in [3.8, 4) is 5.88 Å². The van der Waals surface area contributed by atoms with Crippen LogP contribution in [0.4, 0.5) is 10.5 Å². The van der Waals surface area contributed by atoms with Crippen molar-refractivity contribution >= 4 is 21.6 Å². The van der Waals surface area contributed by atoms with Crippen LogP contribution in [0.2, 0.25) is 0 Å². The number of nitrogens with zero attached hydrogens (tertiary/aromatic N) is 3. The minimum Gasteiger partial charge on any atom is -0.469 e. The van der Waals surface area contributed by atoms with E-state index in [4.69, 9.17) is 14.6 Å². The lowest BCUT2D eigenvalue weighted by molar-refractivity contribution is 0.0920. The van der Waals surface area contributed by atoms with Gasteiger partial charge in [0.05, 0.1) is 19.3 Å². The van der Waals surface area contributed by atoms with Crippen LogP contribution >= 0.6 is 0 Å². The summed E-state index contributed by atoms with van der Waals surface area (Å²) in [6, 6.07) is 1.55. The van der Waals surface area contributed by atoms with Crippen LogP contribution in [-0.2, 0) is 40.5 Å². The Morgan fingerprint density at radius 1 is 1.47 bits per heavy atom. The largest absolute Gasteiger partial charge is 0.469 e. The summed E-state index contributed by atoms with van der Waals surface area (Å²) in [6.07, 6.45) is 5.14. The normalized spacial score (nSPS) is 22.9. The molecule has 9 nitrogen and oxygen atoms in total. The molecule has 30 heavy (non-hydrogen) atoms. The summed E-state index contributed by atoms with van der Waals surface area (Å²) in [5.41, 5.74) is 5.74. The average molecular weight is 432 g/mol. The molecule has 3 aliphatic rings. The maximum Gasteiger partial charge on any atom is 0.354 e. The van der Waals surface area contributed by atoms with Gasteiger partial charge in [-0.05, 0) is 53.9 Å². The quantitative estimate of drug-likeness (QED) is 0.770. The molecule has 0 fully saturated rings. The van der Waals surface area contributed by atoms with Crippen LogP contribution in [0, 0.1) is 0 Å². The fourth-order valence-electron chi connectivity index (χ4n) is 4.77. The Morgan fingerprint density at radius 3 is 3.07 bits per heavy atom. The third-order valence-corrected chi connectivity index (χ3v) is 7.42. The van der Waals surface area contributed by atoms with E-state index in [9.17, 15) is 9.00 Å². The summed E-state index contributed by atoms with van der Waals surface area (Å²) >= 11 is 0. The predicted octanol–water partition coefficient (Wildman–Crippen LogP) is 2.37. The molecular weight excluding hydrogens is 406 g/mol. The number of ether oxygens (including phenoxy) is 2. The first-order valence-corrected chi connectivity index (χ1v) is 11.7. The van der Waals surface area contributed by atoms with Gasteiger partial charge in [-0.1, -0.05) is 13.0 Å². The zero-order chi connectivity index (χ0) is 21.0. The summed E-state index contributed by atoms with van der Waals surface area (Å²) < 4.78 is 29.4. The minimum absolute atomic E-state index is 0.121. The van der Waals surface area contributed by atoms with Crippen molar-refractivity contribution in [1.29, 1.82) is 0 Å². The van der Waals surface area contributed by atoms with E-state index in [1.54, 1.807) is 11.8 Å². The molecule has 160 valence electrons. The highest BCUT2D eigenvalue weighted by molar-refractivity contribution is 7.91. The summed E-state index contributed by atoms with van der Waals surface area (Å²) in [7, 11) is -1.94. The first kappa shape index (κ1) is 19.5. The van der Waals surface area contributed by atoms with E-state index in [-0.39, 0.29) is 16.9 Å². The number of nitrogens with one attached hydrogen (secondary N) is 1. The van der Waals surface area contributed by atoms with Crippen LogP contribution in [-0.4, -0.2) is 39.8 Å². The minimum atomic E-state index is -3.52. The second-order valence-corrected chi connectivity index (χ2v) is 9.96. The maximum atomic E-state index is 13.1. The lowest BCUT2D eigenvalue weighted by Crippen LogP contribution is -2.23. The third-order valence-electron chi connectivity index (χ3n) is 6.08. The fourth-order valence-corrected chi connectivity index (χ4v) is 5.76. The van der Waals surface area contributed by atoms with Crippen molar-refractivity contribution < 1.29 is 18.5 Å². The van der Waals surface area contributed by atoms with Crippen molar-refractivity contribution in [1.82, 2.24) is 9.78 Å². The van der Waals surface area contributed by atoms with Gasteiger partial charge >= 0.3 is 6.03 Å². The molecule has 3 atom stereocenters. The van der Waals surface area contributed by atoms with Gasteiger partial charge in [0.15, 0.2) is 9.92 Å². The SMILES string of the molecule is COC[C@@H]1Cn2ncc([S@](N)(=O)=NC(=O)Nc3c4c(cc5c3[C@@H](C)C5)CCC4)c2O1. The highest BCUT2D eigenvalue weighted by Crippen LogP contribution is 2.45. The van der Waals surface area contributed by atoms with E-state index in [2.05, 4.69) is 27.8 Å². The van der Waals surface area contributed by atoms with Crippen molar-refractivity contribution in [2.24, 2.45) is 9.50 Å². The Morgan fingerprint density at radius 2 is 2.30 bits per heavy atom. The van der Waals surface area contributed by atoms with Gasteiger partial charge in [0.25, 0.3) is 0 Å². The topological polar surface area (TPSA) is 121 Å². The number of carbonyl (C=O) groups excluding carboxylic acids is 1. The number of amides is 2. The Bertz CT molecular complexity index is 1160. The summed E-state index contributed by atoms with van der Waals surface area (Å²) in [5.74, 6) is 0.660. The number of nitrogens with two attached hydrogens (primary N) is 1. The number of anilines is 1. The number of hydrogen-bond donors (Lipinski definition) is 2. The monoisotopic (exact) mass is 431 g/mol. The van der Waals surface area contributed by atoms with Gasteiger partial charge in [-0.15, -0.1) is 4.36 Å². The predicted molar refractivity (Wildman–Crippen MR) is 111 cm³/mol. The zero-order valence-electron chi connectivity index (χ0n) is 17.0. The summed E-state index contributed by atoms with van der Waals surface area (Å²) in [5, 5.41) is 13.0. The molecule has 1 aromatic carbocycles. The van der Waals surface area contributed by atoms with Crippen molar-refractivity contribution in [2.75, 3.05) is 19.0 Å². The maximum absolute atomic E-state index is 13.1. The van der Waals surface area contributed by atoms with Crippen LogP contribution in [0.15, 0.2) is 21.5 Å². The molecule has 2 heterocycles. The number of hydrogen-bond acceptors (Lipinski definition) is 5. The molecule has 5 rings (SSSR count). The van der Waals surface area contributed by atoms with Crippen molar-refractivity contribution in [3.63, 3.8) is 0 Å². The van der Waals surface area contributed by atoms with Crippen molar-refractivity contribution in [3.05, 3.63) is 34.5 Å². The average Bonchev–Trinajstić information content (AvgIpc) is 3.35. The number of urea groups is 1. The van der Waals surface area contributed by atoms with Gasteiger partial charge in [-0.3, -0.25) is 0 Å². The Balaban J connectivity index is 1.44. The molecule has 3 N–H and O–H groups in total. The molecule has 1 aliphatic heterocycles. The van der Waals surface area contributed by atoms with E-state index in [0.29, 0.717) is 19.1 Å². The molecule has 2 aliphatic carbocycles. The van der Waals surface area contributed by atoms with Crippen LogP contribution in [0.5, 0.6) is 5.88 Å². The number of carbonyl (C=O) groups is 1. The van der Waals surface area contributed by atoms with E-state index in [1.165, 1.54) is 28.5 Å². The summed E-state index contributed by atoms with van der Waals surface area (Å²) in [4.78, 5) is 12.9. The Kier molecular flexibility index (Phi) is 4.60. The van der Waals surface area contributed by atoms with Gasteiger partial charge in [0.2, 0.25) is 5.88 Å². The molecule has 0 saturated heterocycles. The molecule has 2 amide bonds. The standard InChI is InChI=1S/C20H25N5O4S/c1-11-6-13-7-12-4-3-5-15(12)18(17(11)13)23-20(26)24-30(21,27)16-8-22-25-9-14(10-28-2)29-19(16)25/h7-8,11,14H,3-6,9-10H2,1-2H3,(H3,21,23,24,26,27)/t11-,14-,30+/m0/s1. The van der Waals surface area contributed by atoms with Gasteiger partial charge < -0.3 is 14.8 Å². The molecule has 0 spiro atoms. The lowest BCUT2D eigenvalue weighted by atomic mass is 9.75. The van der Waals surface area contributed by atoms with Crippen LogP contribution in [0.25, 0.3) is 0 Å². The lowest BCUT2D eigenvalue weighted by Gasteiger charge is -2.31. The summed E-state index contributed by atoms with van der Waals surface area (Å²) in [6.45, 7) is 2.98. The van der Waals surface area contributed by atoms with E-state index >= 15 is 0 Å². The van der Waals surface area contributed by atoms with Crippen LogP contribution in [0.1, 0.15) is 41.5 Å². The second kappa shape index (κ2) is 7.07. The highest BCUT2D eigenvalue weighted by Gasteiger charge is 2.33. The molecule has 0 saturated carbocycles. The highest BCUT2D eigenvalue weighted by atomic mass is 32.2. The van der Waals surface area contributed by atoms with E-state index in [0.717, 1.165) is 31.4 Å². The molecule has 0 unspecified atom stereocenters. The molecule has 0 bridgehead atoms. The molecule has 2 aromatic rings. The zero-order valence-corrected chi connectivity index (χ0v) is 17.8. The van der Waals surface area contributed by atoms with Crippen LogP contribution in [0.3, 0.4) is 0 Å². The van der Waals surface area contributed by atoms with Gasteiger partial charge in [-0.25, -0.2) is 18.8 Å². The Labute approximate surface area is 175 Å². The van der Waals surface area contributed by atoms with Crippen molar-refractivity contribution in [2.45, 2.75) is 56.1 Å². The fraction of sp³-hybridized carbons (Fsp3) is 0.500. The van der Waals surface area contributed by atoms with Gasteiger partial charge in [0.1, 0.15) is 11.0 Å². The number of fused-ring (bicyclic) bond motifs is 3. The smallest absolute Gasteiger partial charge is 0.354 e. The molecule has 0 radical (unpaired) electrons. The van der Waals surface area contributed by atoms with Crippen LogP contribution < -0.4 is 15.2 Å². The van der Waals surface area contributed by atoms with E-state index in [1.807, 2.05) is 0 Å². The number of aromatic nitrogens is 2. The number of benzene rings is 1. The van der Waals surface area contributed by atoms with E-state index < -0.39 is 15.9 Å². The first-order valence-electron chi connectivity index (χ1n) is 10.1. The number of methoxy groups -OCH3 is 1. The second-order valence-electron chi connectivity index (χ2n) is 8.20. The molecule has 10 heteroatoms. The van der Waals surface area contributed by atoms with Gasteiger partial charge in [-0.2, -0.15) is 5.10 Å². The first-order chi connectivity index (χ1) is 14.4. The third kappa shape index (κ3) is 3.10. The number of aryl methyl sites for hydroxylation is 1. The Hall–Kier alpha value is -2.43. The van der Waals surface area contributed by atoms with Gasteiger partial charge in [0, 0.05) is 12.8 Å². The molecular formula is C20H25N5O4S. The molecule has 1 aromatic heterocycles.